The van der Waals surface area contributed by atoms with Gasteiger partial charge in [0.25, 0.3) is 5.56 Å². The Morgan fingerprint density at radius 2 is 1.80 bits per heavy atom. The van der Waals surface area contributed by atoms with Crippen molar-refractivity contribution < 1.29 is 14.2 Å². The number of methoxy groups -OCH3 is 3. The first kappa shape index (κ1) is 24.9. The molecule has 0 spiro atoms. The van der Waals surface area contributed by atoms with E-state index >= 15 is 0 Å². The summed E-state index contributed by atoms with van der Waals surface area (Å²) in [5.41, 5.74) is 2.54. The highest BCUT2D eigenvalue weighted by molar-refractivity contribution is 7.80. The van der Waals surface area contributed by atoms with E-state index in [-0.39, 0.29) is 5.56 Å². The van der Waals surface area contributed by atoms with Gasteiger partial charge in [-0.2, -0.15) is 0 Å². The highest BCUT2D eigenvalue weighted by Gasteiger charge is 2.25. The molecule has 1 aromatic heterocycles. The number of pyridine rings is 1. The zero-order valence-electron chi connectivity index (χ0n) is 20.6. The fraction of sp³-hybridized carbons (Fsp3) is 0.407. The summed E-state index contributed by atoms with van der Waals surface area (Å²) in [4.78, 5) is 18.1. The number of H-pyrrole nitrogens is 1. The molecule has 8 heteroatoms. The summed E-state index contributed by atoms with van der Waals surface area (Å²) < 4.78 is 16.1. The van der Waals surface area contributed by atoms with Crippen molar-refractivity contribution in [2.24, 2.45) is 0 Å². The van der Waals surface area contributed by atoms with Crippen molar-refractivity contribution in [3.8, 4) is 17.2 Å². The van der Waals surface area contributed by atoms with Crippen LogP contribution in [0.4, 0.5) is 0 Å². The van der Waals surface area contributed by atoms with Crippen LogP contribution in [-0.2, 0) is 13.0 Å². The lowest BCUT2D eigenvalue weighted by Gasteiger charge is -2.31. The minimum absolute atomic E-state index is 0.0845. The van der Waals surface area contributed by atoms with Gasteiger partial charge >= 0.3 is 0 Å². The van der Waals surface area contributed by atoms with E-state index in [9.17, 15) is 4.79 Å². The SMILES string of the molecule is COc1ccc2[nH]c(=O)c(CN(C(=S)NCCc3ccc(OC)c(OC)c3)C3CCCC3)cc2c1. The van der Waals surface area contributed by atoms with Crippen LogP contribution in [0, 0.1) is 0 Å². The second-order valence-corrected chi connectivity index (χ2v) is 9.20. The topological polar surface area (TPSA) is 75.8 Å². The van der Waals surface area contributed by atoms with Crippen molar-refractivity contribution in [3.05, 3.63) is 63.9 Å². The molecule has 2 N–H and O–H groups in total. The summed E-state index contributed by atoms with van der Waals surface area (Å²) in [6.07, 6.45) is 5.31. The zero-order valence-corrected chi connectivity index (χ0v) is 21.4. The van der Waals surface area contributed by atoms with Crippen LogP contribution in [0.25, 0.3) is 10.9 Å². The van der Waals surface area contributed by atoms with E-state index in [4.69, 9.17) is 26.4 Å². The number of hydrogen-bond donors (Lipinski definition) is 2. The molecule has 1 heterocycles. The molecular formula is C27H33N3O4S. The molecule has 1 aliphatic rings. The third kappa shape index (κ3) is 5.88. The Morgan fingerprint density at radius 3 is 2.51 bits per heavy atom. The van der Waals surface area contributed by atoms with Crippen molar-refractivity contribution in [1.82, 2.24) is 15.2 Å². The molecule has 3 aromatic rings. The van der Waals surface area contributed by atoms with Crippen LogP contribution in [0.2, 0.25) is 0 Å². The average Bonchev–Trinajstić information content (AvgIpc) is 3.41. The highest BCUT2D eigenvalue weighted by Crippen LogP contribution is 2.28. The largest absolute Gasteiger partial charge is 0.497 e. The number of fused-ring (bicyclic) bond motifs is 1. The second kappa shape index (κ2) is 11.4. The molecule has 0 bridgehead atoms. The van der Waals surface area contributed by atoms with Crippen molar-refractivity contribution in [2.45, 2.75) is 44.7 Å². The lowest BCUT2D eigenvalue weighted by molar-refractivity contribution is 0.302. The fourth-order valence-electron chi connectivity index (χ4n) is 4.69. The number of thiocarbonyl (C=S) groups is 1. The van der Waals surface area contributed by atoms with E-state index in [1.165, 1.54) is 12.8 Å². The van der Waals surface area contributed by atoms with E-state index in [0.717, 1.165) is 41.5 Å². The molecule has 186 valence electrons. The number of benzene rings is 2. The van der Waals surface area contributed by atoms with E-state index in [1.807, 2.05) is 42.5 Å². The minimum atomic E-state index is -0.0845. The smallest absolute Gasteiger partial charge is 0.253 e. The molecule has 0 amide bonds. The van der Waals surface area contributed by atoms with Gasteiger partial charge in [-0.15, -0.1) is 0 Å². The van der Waals surface area contributed by atoms with Crippen LogP contribution < -0.4 is 25.1 Å². The van der Waals surface area contributed by atoms with Gasteiger partial charge < -0.3 is 29.4 Å². The molecule has 0 aliphatic heterocycles. The Balaban J connectivity index is 1.48. The van der Waals surface area contributed by atoms with E-state index in [2.05, 4.69) is 15.2 Å². The first-order chi connectivity index (χ1) is 17.0. The molecule has 0 radical (unpaired) electrons. The minimum Gasteiger partial charge on any atom is -0.497 e. The third-order valence-electron chi connectivity index (χ3n) is 6.63. The molecule has 7 nitrogen and oxygen atoms in total. The maximum Gasteiger partial charge on any atom is 0.253 e. The fourth-order valence-corrected chi connectivity index (χ4v) is 5.01. The predicted octanol–water partition coefficient (Wildman–Crippen LogP) is 4.42. The van der Waals surface area contributed by atoms with Gasteiger partial charge in [-0.3, -0.25) is 4.79 Å². The van der Waals surface area contributed by atoms with Gasteiger partial charge in [-0.05, 0) is 73.4 Å². The van der Waals surface area contributed by atoms with E-state index < -0.39 is 0 Å². The Morgan fingerprint density at radius 1 is 1.03 bits per heavy atom. The molecular weight excluding hydrogens is 462 g/mol. The summed E-state index contributed by atoms with van der Waals surface area (Å²) in [6, 6.07) is 13.9. The lowest BCUT2D eigenvalue weighted by Crippen LogP contribution is -2.45. The Hall–Kier alpha value is -3.26. The molecule has 2 aromatic carbocycles. The van der Waals surface area contributed by atoms with Gasteiger partial charge in [0.1, 0.15) is 5.75 Å². The van der Waals surface area contributed by atoms with Gasteiger partial charge in [0, 0.05) is 29.1 Å². The number of ether oxygens (including phenoxy) is 3. The second-order valence-electron chi connectivity index (χ2n) is 8.81. The quantitative estimate of drug-likeness (QED) is 0.426. The van der Waals surface area contributed by atoms with Gasteiger partial charge in [-0.1, -0.05) is 18.9 Å². The van der Waals surface area contributed by atoms with Crippen LogP contribution in [0.1, 0.15) is 36.8 Å². The molecule has 0 saturated heterocycles. The highest BCUT2D eigenvalue weighted by atomic mass is 32.1. The van der Waals surface area contributed by atoms with Gasteiger partial charge in [0.05, 0.1) is 27.9 Å². The van der Waals surface area contributed by atoms with E-state index in [1.54, 1.807) is 21.3 Å². The third-order valence-corrected chi connectivity index (χ3v) is 7.01. The van der Waals surface area contributed by atoms with Crippen molar-refractivity contribution >= 4 is 28.2 Å². The summed E-state index contributed by atoms with van der Waals surface area (Å²) in [5.74, 6) is 2.19. The van der Waals surface area contributed by atoms with Crippen LogP contribution in [0.15, 0.2) is 47.3 Å². The van der Waals surface area contributed by atoms with Crippen LogP contribution in [-0.4, -0.2) is 48.9 Å². The first-order valence-electron chi connectivity index (χ1n) is 12.0. The Labute approximate surface area is 211 Å². The molecule has 0 unspecified atom stereocenters. The maximum absolute atomic E-state index is 12.9. The van der Waals surface area contributed by atoms with Crippen LogP contribution >= 0.6 is 12.2 Å². The summed E-state index contributed by atoms with van der Waals surface area (Å²) >= 11 is 5.83. The standard InChI is InChI=1S/C27H33N3O4S/c1-32-22-9-10-23-19(16-22)15-20(26(31)29-23)17-30(21-6-4-5-7-21)27(35)28-13-12-18-8-11-24(33-2)25(14-18)34-3/h8-11,14-16,21H,4-7,12-13,17H2,1-3H3,(H,28,35)(H,29,31). The van der Waals surface area contributed by atoms with E-state index in [0.29, 0.717) is 41.3 Å². The molecule has 1 fully saturated rings. The van der Waals surface area contributed by atoms with Crippen LogP contribution in [0.5, 0.6) is 17.2 Å². The molecule has 1 saturated carbocycles. The predicted molar refractivity (Wildman–Crippen MR) is 143 cm³/mol. The number of nitrogens with one attached hydrogen (secondary N) is 2. The maximum atomic E-state index is 12.9. The monoisotopic (exact) mass is 495 g/mol. The first-order valence-corrected chi connectivity index (χ1v) is 12.4. The average molecular weight is 496 g/mol. The summed E-state index contributed by atoms with van der Waals surface area (Å²) in [7, 11) is 4.91. The molecule has 4 rings (SSSR count). The van der Waals surface area contributed by atoms with Crippen LogP contribution in [0.3, 0.4) is 0 Å². The van der Waals surface area contributed by atoms with Gasteiger partial charge in [0.15, 0.2) is 16.6 Å². The zero-order chi connectivity index (χ0) is 24.8. The number of aromatic amines is 1. The number of aromatic nitrogens is 1. The number of nitrogens with zero attached hydrogens (tertiary/aromatic N) is 1. The van der Waals surface area contributed by atoms with Crippen molar-refractivity contribution in [1.29, 1.82) is 0 Å². The van der Waals surface area contributed by atoms with Crippen molar-refractivity contribution in [3.63, 3.8) is 0 Å². The summed E-state index contributed by atoms with van der Waals surface area (Å²) in [5, 5.41) is 5.05. The lowest BCUT2D eigenvalue weighted by atomic mass is 10.1. The normalized spacial score (nSPS) is 13.6. The number of rotatable bonds is 9. The Bertz CT molecular complexity index is 1240. The van der Waals surface area contributed by atoms with Crippen molar-refractivity contribution in [2.75, 3.05) is 27.9 Å². The molecule has 1 aliphatic carbocycles. The number of hydrogen-bond acceptors (Lipinski definition) is 5. The molecule has 0 atom stereocenters. The van der Waals surface area contributed by atoms with Gasteiger partial charge in [-0.25, -0.2) is 0 Å². The van der Waals surface area contributed by atoms with Gasteiger partial charge in [0.2, 0.25) is 0 Å². The summed E-state index contributed by atoms with van der Waals surface area (Å²) in [6.45, 7) is 1.15. The Kier molecular flexibility index (Phi) is 8.13. The molecule has 35 heavy (non-hydrogen) atoms.